The Bertz CT molecular complexity index is 3000. The molecular weight excluding hydrogens is 657 g/mol. The Morgan fingerprint density at radius 3 is 1.69 bits per heavy atom. The first-order chi connectivity index (χ1) is 26.3. The quantitative estimate of drug-likeness (QED) is 0.180. The molecule has 3 aliphatic rings. The van der Waals surface area contributed by atoms with Gasteiger partial charge in [0.2, 0.25) is 5.95 Å². The Morgan fingerprint density at radius 2 is 1.00 bits per heavy atom. The van der Waals surface area contributed by atoms with E-state index in [4.69, 9.17) is 4.98 Å². The fourth-order valence-electron chi connectivity index (χ4n) is 10.6. The molecule has 12 rings (SSSR count). The largest absolute Gasteiger partial charge is 0.309 e. The van der Waals surface area contributed by atoms with Gasteiger partial charge in [0.25, 0.3) is 0 Å². The van der Waals surface area contributed by atoms with Crippen LogP contribution in [0.4, 0.5) is 11.6 Å². The fourth-order valence-corrected chi connectivity index (χ4v) is 10.6. The Labute approximate surface area is 314 Å². The Kier molecular flexibility index (Phi) is 5.56. The van der Waals surface area contributed by atoms with Gasteiger partial charge in [-0.15, -0.1) is 0 Å². The summed E-state index contributed by atoms with van der Waals surface area (Å²) in [4.78, 5) is 8.35. The van der Waals surface area contributed by atoms with Gasteiger partial charge in [-0.05, 0) is 109 Å². The van der Waals surface area contributed by atoms with Gasteiger partial charge in [0.1, 0.15) is 0 Å². The minimum atomic E-state index is -0.461. The topological polar surface area (TPSA) is 26.0 Å². The third-order valence-electron chi connectivity index (χ3n) is 13.5. The Hall–Kier alpha value is -6.39. The van der Waals surface area contributed by atoms with Crippen molar-refractivity contribution in [3.63, 3.8) is 0 Å². The van der Waals surface area contributed by atoms with Crippen LogP contribution in [-0.4, -0.2) is 19.7 Å². The van der Waals surface area contributed by atoms with Crippen LogP contribution in [0.2, 0.25) is 0 Å². The maximum absolute atomic E-state index is 5.84. The lowest BCUT2D eigenvalue weighted by molar-refractivity contribution is 0.253. The second kappa shape index (κ2) is 9.97. The van der Waals surface area contributed by atoms with Gasteiger partial charge in [-0.1, -0.05) is 115 Å². The highest BCUT2D eigenvalue weighted by molar-refractivity contribution is 6.11. The van der Waals surface area contributed by atoms with Crippen molar-refractivity contribution in [2.45, 2.75) is 44.2 Å². The van der Waals surface area contributed by atoms with Crippen molar-refractivity contribution < 1.29 is 0 Å². The molecular formula is C50H38N4. The SMILES string of the molecule is CC1(C)N(c2ccc3c(c2)c2ccccc2n3-c2ccccc2)c2nc3c4c(ccc3n2C1(C)C)-c1ccccc1C41c2ccccc2-c2ccccc21. The first kappa shape index (κ1) is 30.1. The normalized spacial score (nSPS) is 16.6. The molecule has 7 aromatic carbocycles. The predicted molar refractivity (Wildman–Crippen MR) is 222 cm³/mol. The molecule has 0 saturated heterocycles. The molecule has 1 aliphatic heterocycles. The number of aromatic nitrogens is 3. The van der Waals surface area contributed by atoms with Crippen LogP contribution in [0, 0.1) is 0 Å². The molecule has 4 nitrogen and oxygen atoms in total. The number of para-hydroxylation sites is 2. The van der Waals surface area contributed by atoms with Gasteiger partial charge in [0.05, 0.1) is 38.6 Å². The average Bonchev–Trinajstić information content (AvgIpc) is 3.94. The molecule has 0 fully saturated rings. The Morgan fingerprint density at radius 1 is 0.444 bits per heavy atom. The highest BCUT2D eigenvalue weighted by Crippen LogP contribution is 2.65. The van der Waals surface area contributed by atoms with Crippen molar-refractivity contribution in [1.82, 2.24) is 14.1 Å². The van der Waals surface area contributed by atoms with E-state index < -0.39 is 5.41 Å². The molecule has 0 bridgehead atoms. The molecule has 3 heterocycles. The first-order valence-electron chi connectivity index (χ1n) is 19.1. The molecule has 2 aromatic heterocycles. The number of rotatable bonds is 2. The number of imidazole rings is 1. The zero-order valence-corrected chi connectivity index (χ0v) is 30.8. The number of hydrogen-bond donors (Lipinski definition) is 0. The molecule has 9 aromatic rings. The number of fused-ring (bicyclic) bond motifs is 17. The molecule has 54 heavy (non-hydrogen) atoms. The Balaban J connectivity index is 1.15. The van der Waals surface area contributed by atoms with Gasteiger partial charge < -0.3 is 14.0 Å². The second-order valence-electron chi connectivity index (χ2n) is 16.3. The van der Waals surface area contributed by atoms with Crippen LogP contribution in [0.5, 0.6) is 0 Å². The standard InChI is InChI=1S/C50H38N4/c1-48(2)49(3,4)54-44-29-27-37-35-20-10-14-24-41(35)50(39-22-12-8-18-33(39)34-19-9-13-23-40(34)50)45(37)46(44)51-47(54)53(48)32-26-28-43-38(30-32)36-21-11-15-25-42(36)52(43)31-16-6-5-7-17-31/h5-30H,1-4H3. The van der Waals surface area contributed by atoms with E-state index in [2.05, 4.69) is 199 Å². The maximum Gasteiger partial charge on any atom is 0.212 e. The zero-order valence-electron chi connectivity index (χ0n) is 30.8. The molecule has 0 atom stereocenters. The maximum atomic E-state index is 5.84. The fraction of sp³-hybridized carbons (Fsp3) is 0.140. The summed E-state index contributed by atoms with van der Waals surface area (Å²) in [6, 6.07) is 58.3. The summed E-state index contributed by atoms with van der Waals surface area (Å²) < 4.78 is 4.92. The number of benzene rings is 7. The molecule has 0 unspecified atom stereocenters. The minimum Gasteiger partial charge on any atom is -0.309 e. The summed E-state index contributed by atoms with van der Waals surface area (Å²) in [5, 5.41) is 2.49. The highest BCUT2D eigenvalue weighted by Gasteiger charge is 2.56. The summed E-state index contributed by atoms with van der Waals surface area (Å²) >= 11 is 0. The summed E-state index contributed by atoms with van der Waals surface area (Å²) in [5.74, 6) is 0.991. The molecule has 0 saturated carbocycles. The molecule has 4 heteroatoms. The monoisotopic (exact) mass is 694 g/mol. The van der Waals surface area contributed by atoms with E-state index in [-0.39, 0.29) is 11.1 Å². The van der Waals surface area contributed by atoms with Crippen molar-refractivity contribution in [3.05, 3.63) is 180 Å². The van der Waals surface area contributed by atoms with E-state index in [1.165, 1.54) is 77.5 Å². The van der Waals surface area contributed by atoms with Crippen LogP contribution in [0.3, 0.4) is 0 Å². The minimum absolute atomic E-state index is 0.289. The molecule has 258 valence electrons. The van der Waals surface area contributed by atoms with Gasteiger partial charge >= 0.3 is 0 Å². The van der Waals surface area contributed by atoms with Crippen molar-refractivity contribution in [2.75, 3.05) is 4.90 Å². The number of nitrogens with zero attached hydrogens (tertiary/aromatic N) is 4. The van der Waals surface area contributed by atoms with Crippen molar-refractivity contribution in [1.29, 1.82) is 0 Å². The second-order valence-corrected chi connectivity index (χ2v) is 16.3. The van der Waals surface area contributed by atoms with Gasteiger partial charge in [0.15, 0.2) is 0 Å². The third-order valence-corrected chi connectivity index (χ3v) is 13.5. The molecule has 0 amide bonds. The van der Waals surface area contributed by atoms with Crippen molar-refractivity contribution in [3.8, 4) is 27.9 Å². The van der Waals surface area contributed by atoms with Gasteiger partial charge in [-0.3, -0.25) is 0 Å². The van der Waals surface area contributed by atoms with Crippen LogP contribution < -0.4 is 4.90 Å². The molecule has 2 aliphatic carbocycles. The summed E-state index contributed by atoms with van der Waals surface area (Å²) in [7, 11) is 0. The number of anilines is 2. The van der Waals surface area contributed by atoms with E-state index in [0.717, 1.165) is 17.2 Å². The van der Waals surface area contributed by atoms with Crippen LogP contribution in [-0.2, 0) is 11.0 Å². The van der Waals surface area contributed by atoms with Crippen LogP contribution in [0.1, 0.15) is 49.9 Å². The van der Waals surface area contributed by atoms with E-state index in [9.17, 15) is 0 Å². The summed E-state index contributed by atoms with van der Waals surface area (Å²) in [5.41, 5.74) is 16.5. The van der Waals surface area contributed by atoms with Crippen LogP contribution >= 0.6 is 0 Å². The van der Waals surface area contributed by atoms with Crippen LogP contribution in [0.25, 0.3) is 60.8 Å². The molecule has 0 N–H and O–H groups in total. The zero-order chi connectivity index (χ0) is 36.1. The van der Waals surface area contributed by atoms with Gasteiger partial charge in [-0.25, -0.2) is 4.98 Å². The highest BCUT2D eigenvalue weighted by atomic mass is 15.4. The molecule has 0 radical (unpaired) electrons. The molecule has 1 spiro atoms. The van der Waals surface area contributed by atoms with Crippen molar-refractivity contribution in [2.24, 2.45) is 0 Å². The smallest absolute Gasteiger partial charge is 0.212 e. The third kappa shape index (κ3) is 3.35. The van der Waals surface area contributed by atoms with E-state index in [0.29, 0.717) is 0 Å². The first-order valence-corrected chi connectivity index (χ1v) is 19.1. The van der Waals surface area contributed by atoms with Gasteiger partial charge in [-0.2, -0.15) is 0 Å². The van der Waals surface area contributed by atoms with E-state index >= 15 is 0 Å². The summed E-state index contributed by atoms with van der Waals surface area (Å²) in [6.45, 7) is 9.52. The van der Waals surface area contributed by atoms with E-state index in [1.807, 2.05) is 0 Å². The lowest BCUT2D eigenvalue weighted by atomic mass is 9.70. The number of hydrogen-bond acceptors (Lipinski definition) is 2. The summed E-state index contributed by atoms with van der Waals surface area (Å²) in [6.07, 6.45) is 0. The lowest BCUT2D eigenvalue weighted by Crippen LogP contribution is -2.50. The van der Waals surface area contributed by atoms with Gasteiger partial charge in [0, 0.05) is 27.7 Å². The average molecular weight is 695 g/mol. The van der Waals surface area contributed by atoms with Crippen LogP contribution in [0.15, 0.2) is 158 Å². The lowest BCUT2D eigenvalue weighted by Gasteiger charge is -2.41. The van der Waals surface area contributed by atoms with Crippen molar-refractivity contribution >= 4 is 44.5 Å². The predicted octanol–water partition coefficient (Wildman–Crippen LogP) is 12.1. The van der Waals surface area contributed by atoms with E-state index in [1.54, 1.807) is 0 Å².